The summed E-state index contributed by atoms with van der Waals surface area (Å²) in [5.41, 5.74) is 0.291. The van der Waals surface area contributed by atoms with E-state index in [-0.39, 0.29) is 18.5 Å². The van der Waals surface area contributed by atoms with Crippen molar-refractivity contribution in [3.63, 3.8) is 0 Å². The Bertz CT molecular complexity index is 529. The molecule has 0 spiro atoms. The van der Waals surface area contributed by atoms with Gasteiger partial charge in [-0.1, -0.05) is 12.8 Å². The molecule has 0 aliphatic heterocycles. The fourth-order valence-corrected chi connectivity index (χ4v) is 3.07. The van der Waals surface area contributed by atoms with E-state index in [1.54, 1.807) is 0 Å². The van der Waals surface area contributed by atoms with Crippen LogP contribution in [0.1, 0.15) is 36.0 Å². The average molecular weight is 344 g/mol. The molecule has 0 atom stereocenters. The van der Waals surface area contributed by atoms with Gasteiger partial charge in [-0.2, -0.15) is 0 Å². The molecule has 1 aromatic carbocycles. The predicted octanol–water partition coefficient (Wildman–Crippen LogP) is 3.06. The third-order valence-electron chi connectivity index (χ3n) is 3.49. The van der Waals surface area contributed by atoms with Crippen molar-refractivity contribution in [2.75, 3.05) is 6.54 Å². The molecular formula is C14H15BrFNO3. The van der Waals surface area contributed by atoms with Crippen LogP contribution in [0.3, 0.4) is 0 Å². The Kier molecular flexibility index (Phi) is 4.75. The van der Waals surface area contributed by atoms with E-state index < -0.39 is 11.8 Å². The quantitative estimate of drug-likeness (QED) is 0.913. The fourth-order valence-electron chi connectivity index (χ4n) is 2.55. The molecule has 1 saturated carbocycles. The molecule has 0 saturated heterocycles. The van der Waals surface area contributed by atoms with Crippen molar-refractivity contribution in [3.8, 4) is 0 Å². The average Bonchev–Trinajstić information content (AvgIpc) is 2.88. The van der Waals surface area contributed by atoms with E-state index >= 15 is 0 Å². The Morgan fingerprint density at radius 3 is 2.55 bits per heavy atom. The molecule has 1 aliphatic carbocycles. The highest BCUT2D eigenvalue weighted by atomic mass is 79.9. The van der Waals surface area contributed by atoms with E-state index in [4.69, 9.17) is 5.11 Å². The van der Waals surface area contributed by atoms with Crippen LogP contribution >= 0.6 is 15.9 Å². The van der Waals surface area contributed by atoms with Crippen LogP contribution in [0, 0.1) is 5.82 Å². The van der Waals surface area contributed by atoms with Gasteiger partial charge in [-0.3, -0.25) is 9.59 Å². The van der Waals surface area contributed by atoms with Gasteiger partial charge in [0.1, 0.15) is 12.4 Å². The Hall–Kier alpha value is -1.43. The van der Waals surface area contributed by atoms with Crippen LogP contribution in [0.2, 0.25) is 0 Å². The SMILES string of the molecule is O=C(O)CN(C(=O)c1ccc(F)cc1Br)C1CCCC1. The van der Waals surface area contributed by atoms with E-state index in [2.05, 4.69) is 15.9 Å². The normalized spacial score (nSPS) is 15.3. The second kappa shape index (κ2) is 6.35. The van der Waals surface area contributed by atoms with Crippen LogP contribution in [0.5, 0.6) is 0 Å². The van der Waals surface area contributed by atoms with Gasteiger partial charge in [-0.25, -0.2) is 4.39 Å². The van der Waals surface area contributed by atoms with Gasteiger partial charge < -0.3 is 10.0 Å². The predicted molar refractivity (Wildman–Crippen MR) is 75.0 cm³/mol. The molecule has 0 unspecified atom stereocenters. The van der Waals surface area contributed by atoms with E-state index in [1.165, 1.54) is 23.1 Å². The largest absolute Gasteiger partial charge is 0.480 e. The summed E-state index contributed by atoms with van der Waals surface area (Å²) in [6, 6.07) is 3.74. The maximum atomic E-state index is 13.1. The topological polar surface area (TPSA) is 57.6 Å². The van der Waals surface area contributed by atoms with Gasteiger partial charge in [0, 0.05) is 10.5 Å². The van der Waals surface area contributed by atoms with Crippen LogP contribution in [-0.4, -0.2) is 34.5 Å². The minimum atomic E-state index is -1.04. The third kappa shape index (κ3) is 3.36. The second-order valence-corrected chi connectivity index (χ2v) is 5.74. The van der Waals surface area contributed by atoms with Crippen molar-refractivity contribution in [2.24, 2.45) is 0 Å². The summed E-state index contributed by atoms with van der Waals surface area (Å²) in [6.07, 6.45) is 3.63. The number of carbonyl (C=O) groups is 2. The summed E-state index contributed by atoms with van der Waals surface area (Å²) in [7, 11) is 0. The Morgan fingerprint density at radius 1 is 1.35 bits per heavy atom. The first-order valence-electron chi connectivity index (χ1n) is 6.47. The lowest BCUT2D eigenvalue weighted by atomic mass is 10.1. The number of carboxylic acids is 1. The number of nitrogens with zero attached hydrogens (tertiary/aromatic N) is 1. The molecule has 1 N–H and O–H groups in total. The van der Waals surface area contributed by atoms with Gasteiger partial charge in [-0.15, -0.1) is 0 Å². The standard InChI is InChI=1S/C14H15BrFNO3/c15-12-7-9(16)5-6-11(12)14(20)17(8-13(18)19)10-3-1-2-4-10/h5-7,10H,1-4,8H2,(H,18,19). The molecule has 0 radical (unpaired) electrons. The molecule has 1 aromatic rings. The van der Waals surface area contributed by atoms with Gasteiger partial charge >= 0.3 is 5.97 Å². The smallest absolute Gasteiger partial charge is 0.323 e. The van der Waals surface area contributed by atoms with Crippen molar-refractivity contribution in [2.45, 2.75) is 31.7 Å². The maximum absolute atomic E-state index is 13.1. The monoisotopic (exact) mass is 343 g/mol. The summed E-state index contributed by atoms with van der Waals surface area (Å²) < 4.78 is 13.4. The van der Waals surface area contributed by atoms with Gasteiger partial charge in [-0.05, 0) is 47.0 Å². The van der Waals surface area contributed by atoms with E-state index in [0.717, 1.165) is 25.7 Å². The molecule has 2 rings (SSSR count). The van der Waals surface area contributed by atoms with Crippen molar-refractivity contribution in [1.29, 1.82) is 0 Å². The van der Waals surface area contributed by atoms with Crippen molar-refractivity contribution >= 4 is 27.8 Å². The fraction of sp³-hybridized carbons (Fsp3) is 0.429. The highest BCUT2D eigenvalue weighted by molar-refractivity contribution is 9.10. The van der Waals surface area contributed by atoms with Crippen molar-refractivity contribution in [1.82, 2.24) is 4.90 Å². The molecule has 1 fully saturated rings. The lowest BCUT2D eigenvalue weighted by Crippen LogP contribution is -2.42. The molecule has 0 heterocycles. The minimum Gasteiger partial charge on any atom is -0.480 e. The van der Waals surface area contributed by atoms with Crippen LogP contribution in [0.25, 0.3) is 0 Å². The van der Waals surface area contributed by atoms with Gasteiger partial charge in [0.2, 0.25) is 0 Å². The first kappa shape index (κ1) is 15.0. The molecule has 0 bridgehead atoms. The lowest BCUT2D eigenvalue weighted by Gasteiger charge is -2.27. The number of carboxylic acid groups (broad SMARTS) is 1. The zero-order valence-electron chi connectivity index (χ0n) is 10.8. The van der Waals surface area contributed by atoms with Crippen molar-refractivity contribution in [3.05, 3.63) is 34.1 Å². The Balaban J connectivity index is 2.27. The molecule has 4 nitrogen and oxygen atoms in total. The molecule has 1 aliphatic rings. The number of aliphatic carboxylic acids is 1. The van der Waals surface area contributed by atoms with E-state index in [9.17, 15) is 14.0 Å². The number of halogens is 2. The second-order valence-electron chi connectivity index (χ2n) is 4.89. The highest BCUT2D eigenvalue weighted by Crippen LogP contribution is 2.27. The molecule has 0 aromatic heterocycles. The third-order valence-corrected chi connectivity index (χ3v) is 4.15. The van der Waals surface area contributed by atoms with Crippen LogP contribution < -0.4 is 0 Å². The van der Waals surface area contributed by atoms with Gasteiger partial charge in [0.15, 0.2) is 0 Å². The Labute approximate surface area is 124 Å². The lowest BCUT2D eigenvalue weighted by molar-refractivity contribution is -0.138. The number of hydrogen-bond acceptors (Lipinski definition) is 2. The number of hydrogen-bond donors (Lipinski definition) is 1. The summed E-state index contributed by atoms with van der Waals surface area (Å²) in [5, 5.41) is 8.99. The zero-order valence-corrected chi connectivity index (χ0v) is 12.4. The van der Waals surface area contributed by atoms with Gasteiger partial charge in [0.05, 0.1) is 5.56 Å². The van der Waals surface area contributed by atoms with Gasteiger partial charge in [0.25, 0.3) is 5.91 Å². The summed E-state index contributed by atoms with van der Waals surface area (Å²) in [5.74, 6) is -1.85. The van der Waals surface area contributed by atoms with E-state index in [0.29, 0.717) is 10.0 Å². The van der Waals surface area contributed by atoms with Crippen LogP contribution in [0.15, 0.2) is 22.7 Å². The summed E-state index contributed by atoms with van der Waals surface area (Å²) >= 11 is 3.16. The molecular weight excluding hydrogens is 329 g/mol. The molecule has 20 heavy (non-hydrogen) atoms. The van der Waals surface area contributed by atoms with E-state index in [1.807, 2.05) is 0 Å². The molecule has 6 heteroatoms. The highest BCUT2D eigenvalue weighted by Gasteiger charge is 2.29. The number of amides is 1. The molecule has 1 amide bonds. The minimum absolute atomic E-state index is 0.0458. The molecule has 108 valence electrons. The van der Waals surface area contributed by atoms with Crippen molar-refractivity contribution < 1.29 is 19.1 Å². The first-order chi connectivity index (χ1) is 9.49. The summed E-state index contributed by atoms with van der Waals surface area (Å²) in [6.45, 7) is -0.326. The Morgan fingerprint density at radius 2 is 2.00 bits per heavy atom. The van der Waals surface area contributed by atoms with Crippen LogP contribution in [-0.2, 0) is 4.79 Å². The van der Waals surface area contributed by atoms with Crippen LogP contribution in [0.4, 0.5) is 4.39 Å². The zero-order chi connectivity index (χ0) is 14.7. The number of carbonyl (C=O) groups excluding carboxylic acids is 1. The number of rotatable bonds is 4. The maximum Gasteiger partial charge on any atom is 0.323 e. The first-order valence-corrected chi connectivity index (χ1v) is 7.26. The number of benzene rings is 1. The summed E-state index contributed by atoms with van der Waals surface area (Å²) in [4.78, 5) is 24.9.